The molecule has 0 atom stereocenters. The number of aromatic amines is 1. The van der Waals surface area contributed by atoms with Crippen molar-refractivity contribution in [2.24, 2.45) is 0 Å². The number of rotatable bonds is 3. The highest BCUT2D eigenvalue weighted by atomic mass is 16.5. The van der Waals surface area contributed by atoms with Gasteiger partial charge in [0.15, 0.2) is 5.82 Å². The van der Waals surface area contributed by atoms with Gasteiger partial charge in [-0.15, -0.1) is 5.10 Å². The van der Waals surface area contributed by atoms with Crippen molar-refractivity contribution >= 4 is 0 Å². The lowest BCUT2D eigenvalue weighted by molar-refractivity contribution is 0.432. The summed E-state index contributed by atoms with van der Waals surface area (Å²) in [7, 11) is 0. The summed E-state index contributed by atoms with van der Waals surface area (Å²) in [5, 5.41) is 25.5. The van der Waals surface area contributed by atoms with Crippen LogP contribution in [0.1, 0.15) is 16.8 Å². The molecule has 0 spiro atoms. The third-order valence-electron chi connectivity index (χ3n) is 4.41. The maximum atomic E-state index is 5.50. The fourth-order valence-corrected chi connectivity index (χ4v) is 3.18. The maximum Gasteiger partial charge on any atom is 0.263 e. The highest BCUT2D eigenvalue weighted by molar-refractivity contribution is 5.68. The van der Waals surface area contributed by atoms with Crippen molar-refractivity contribution in [3.05, 3.63) is 35.5 Å². The Labute approximate surface area is 146 Å². The van der Waals surface area contributed by atoms with Crippen LogP contribution in [0.25, 0.3) is 28.7 Å². The summed E-state index contributed by atoms with van der Waals surface area (Å²) >= 11 is 0. The van der Waals surface area contributed by atoms with Crippen LogP contribution in [-0.2, 0) is 13.0 Å². The Morgan fingerprint density at radius 2 is 2.23 bits per heavy atom. The smallest absolute Gasteiger partial charge is 0.263 e. The lowest BCUT2D eigenvalue weighted by Crippen LogP contribution is -2.24. The standard InChI is InChI=1S/C15H14N10O/c1-8-12(10-2-3-16-4-9(10)5-17-8)13-20-15(26-22-13)11-6-18-21-14(11)25-7-19-23-24-25/h5-7,16H,2-4H2,1H3,(H,18,21). The number of nitrogens with zero attached hydrogens (tertiary/aromatic N) is 8. The molecule has 11 nitrogen and oxygen atoms in total. The number of hydrogen-bond acceptors (Lipinski definition) is 9. The van der Waals surface area contributed by atoms with Crippen LogP contribution in [0.15, 0.2) is 23.2 Å². The summed E-state index contributed by atoms with van der Waals surface area (Å²) in [5.41, 5.74) is 4.82. The first-order valence-electron chi connectivity index (χ1n) is 8.10. The number of hydrogen-bond donors (Lipinski definition) is 2. The molecule has 11 heteroatoms. The van der Waals surface area contributed by atoms with E-state index in [1.54, 1.807) is 6.20 Å². The largest absolute Gasteiger partial charge is 0.333 e. The molecule has 5 rings (SSSR count). The molecule has 0 saturated heterocycles. The Balaban J connectivity index is 1.60. The first kappa shape index (κ1) is 14.8. The molecule has 0 aromatic carbocycles. The summed E-state index contributed by atoms with van der Waals surface area (Å²) in [6, 6.07) is 0. The maximum absolute atomic E-state index is 5.50. The van der Waals surface area contributed by atoms with Crippen LogP contribution in [0, 0.1) is 6.92 Å². The highest BCUT2D eigenvalue weighted by Crippen LogP contribution is 2.31. The van der Waals surface area contributed by atoms with Gasteiger partial charge in [0.25, 0.3) is 5.89 Å². The van der Waals surface area contributed by atoms with Crippen LogP contribution in [0.4, 0.5) is 0 Å². The van der Waals surface area contributed by atoms with E-state index in [4.69, 9.17) is 4.52 Å². The fourth-order valence-electron chi connectivity index (χ4n) is 3.18. The molecule has 5 heterocycles. The van der Waals surface area contributed by atoms with Crippen molar-refractivity contribution in [1.29, 1.82) is 0 Å². The van der Waals surface area contributed by atoms with Crippen LogP contribution < -0.4 is 5.32 Å². The van der Waals surface area contributed by atoms with Crippen LogP contribution in [0.5, 0.6) is 0 Å². The predicted octanol–water partition coefficient (Wildman–Crippen LogP) is 0.452. The van der Waals surface area contributed by atoms with Gasteiger partial charge in [0, 0.05) is 24.0 Å². The monoisotopic (exact) mass is 350 g/mol. The van der Waals surface area contributed by atoms with Crippen LogP contribution in [0.3, 0.4) is 0 Å². The van der Waals surface area contributed by atoms with E-state index < -0.39 is 0 Å². The van der Waals surface area contributed by atoms with E-state index in [9.17, 15) is 0 Å². The number of nitrogens with one attached hydrogen (secondary N) is 2. The first-order valence-corrected chi connectivity index (χ1v) is 8.10. The zero-order valence-electron chi connectivity index (χ0n) is 13.8. The predicted molar refractivity (Wildman–Crippen MR) is 88.0 cm³/mol. The summed E-state index contributed by atoms with van der Waals surface area (Å²) in [5.74, 6) is 1.41. The Morgan fingerprint density at radius 3 is 3.12 bits per heavy atom. The second-order valence-corrected chi connectivity index (χ2v) is 5.96. The van der Waals surface area contributed by atoms with E-state index in [1.807, 2.05) is 13.1 Å². The van der Waals surface area contributed by atoms with Crippen molar-refractivity contribution in [3.63, 3.8) is 0 Å². The molecule has 2 N–H and O–H groups in total. The van der Waals surface area contributed by atoms with E-state index in [-0.39, 0.29) is 0 Å². The molecule has 1 aliphatic rings. The van der Waals surface area contributed by atoms with Gasteiger partial charge in [0.1, 0.15) is 11.9 Å². The van der Waals surface area contributed by atoms with Crippen molar-refractivity contribution in [2.45, 2.75) is 19.9 Å². The van der Waals surface area contributed by atoms with Gasteiger partial charge in [0.05, 0.1) is 6.20 Å². The number of H-pyrrole nitrogens is 1. The van der Waals surface area contributed by atoms with Crippen molar-refractivity contribution in [2.75, 3.05) is 6.54 Å². The minimum Gasteiger partial charge on any atom is -0.333 e. The third kappa shape index (κ3) is 2.29. The van der Waals surface area contributed by atoms with Crippen LogP contribution in [0.2, 0.25) is 0 Å². The molecular weight excluding hydrogens is 336 g/mol. The molecular formula is C15H14N10O. The quantitative estimate of drug-likeness (QED) is 0.539. The van der Waals surface area contributed by atoms with E-state index in [0.717, 1.165) is 30.8 Å². The van der Waals surface area contributed by atoms with Crippen molar-refractivity contribution in [1.82, 2.24) is 50.8 Å². The highest BCUT2D eigenvalue weighted by Gasteiger charge is 2.23. The van der Waals surface area contributed by atoms with Gasteiger partial charge in [-0.1, -0.05) is 5.16 Å². The zero-order valence-corrected chi connectivity index (χ0v) is 13.8. The Bertz CT molecular complexity index is 1060. The second-order valence-electron chi connectivity index (χ2n) is 5.96. The summed E-state index contributed by atoms with van der Waals surface area (Å²) in [6.07, 6.45) is 5.87. The Hall–Kier alpha value is -3.47. The first-order chi connectivity index (χ1) is 12.8. The molecule has 26 heavy (non-hydrogen) atoms. The Morgan fingerprint density at radius 1 is 1.27 bits per heavy atom. The second kappa shape index (κ2) is 5.81. The number of tetrazole rings is 1. The average Bonchev–Trinajstić information content (AvgIpc) is 3.41. The van der Waals surface area contributed by atoms with Gasteiger partial charge in [-0.05, 0) is 41.4 Å². The summed E-state index contributed by atoms with van der Waals surface area (Å²) in [6.45, 7) is 3.67. The topological polar surface area (TPSA) is 136 Å². The molecule has 0 bridgehead atoms. The number of aromatic nitrogens is 9. The molecule has 130 valence electrons. The van der Waals surface area contributed by atoms with Gasteiger partial charge in [-0.25, -0.2) is 0 Å². The molecule has 0 fully saturated rings. The molecule has 0 saturated carbocycles. The number of pyridine rings is 1. The van der Waals surface area contributed by atoms with E-state index in [2.05, 4.69) is 46.2 Å². The molecule has 0 radical (unpaired) electrons. The Kier molecular flexibility index (Phi) is 3.31. The lowest BCUT2D eigenvalue weighted by Gasteiger charge is -2.19. The van der Waals surface area contributed by atoms with E-state index >= 15 is 0 Å². The number of fused-ring (bicyclic) bond motifs is 1. The van der Waals surface area contributed by atoms with E-state index in [0.29, 0.717) is 23.1 Å². The normalized spacial score (nSPS) is 13.7. The molecule has 4 aromatic rings. The minimum atomic E-state index is 0.338. The van der Waals surface area contributed by atoms with Gasteiger partial charge in [-0.3, -0.25) is 10.1 Å². The third-order valence-corrected chi connectivity index (χ3v) is 4.41. The molecule has 1 aliphatic heterocycles. The average molecular weight is 350 g/mol. The number of aryl methyl sites for hydroxylation is 1. The molecule has 0 aliphatic carbocycles. The fraction of sp³-hybridized carbons (Fsp3) is 0.267. The van der Waals surface area contributed by atoms with E-state index in [1.165, 1.54) is 22.1 Å². The molecule has 4 aromatic heterocycles. The summed E-state index contributed by atoms with van der Waals surface area (Å²) in [4.78, 5) is 9.07. The van der Waals surface area contributed by atoms with Gasteiger partial charge < -0.3 is 9.84 Å². The summed E-state index contributed by atoms with van der Waals surface area (Å²) < 4.78 is 6.96. The lowest BCUT2D eigenvalue weighted by atomic mass is 9.95. The van der Waals surface area contributed by atoms with Gasteiger partial charge in [-0.2, -0.15) is 14.8 Å². The van der Waals surface area contributed by atoms with Crippen LogP contribution >= 0.6 is 0 Å². The van der Waals surface area contributed by atoms with Crippen LogP contribution in [-0.4, -0.2) is 52.1 Å². The minimum absolute atomic E-state index is 0.338. The zero-order chi connectivity index (χ0) is 17.5. The molecule has 0 unspecified atom stereocenters. The SMILES string of the molecule is Cc1ncc2c(c1-c1noc(-c3cn[nH]c3-n3cnnn3)n1)CCNC2. The van der Waals surface area contributed by atoms with Gasteiger partial charge >= 0.3 is 0 Å². The van der Waals surface area contributed by atoms with Gasteiger partial charge in [0.2, 0.25) is 5.82 Å². The van der Waals surface area contributed by atoms with Crippen molar-refractivity contribution in [3.8, 4) is 28.7 Å². The molecule has 0 amide bonds. The van der Waals surface area contributed by atoms with Crippen molar-refractivity contribution < 1.29 is 4.52 Å².